The van der Waals surface area contributed by atoms with E-state index in [2.05, 4.69) is 9.97 Å². The largest absolute Gasteiger partial charge is 0.493 e. The summed E-state index contributed by atoms with van der Waals surface area (Å²) in [4.78, 5) is 22.2. The second-order valence-electron chi connectivity index (χ2n) is 7.90. The van der Waals surface area contributed by atoms with Gasteiger partial charge in [0, 0.05) is 32.0 Å². The topological polar surface area (TPSA) is 94.0 Å². The Labute approximate surface area is 164 Å². The number of ether oxygens (including phenoxy) is 3. The van der Waals surface area contributed by atoms with Crippen molar-refractivity contribution in [2.24, 2.45) is 0 Å². The van der Waals surface area contributed by atoms with Crippen LogP contribution in [0.1, 0.15) is 39.4 Å². The zero-order valence-electron chi connectivity index (χ0n) is 17.0. The normalized spacial score (nSPS) is 15.5. The van der Waals surface area contributed by atoms with E-state index in [0.29, 0.717) is 54.2 Å². The van der Waals surface area contributed by atoms with Gasteiger partial charge < -0.3 is 24.2 Å². The SMILES string of the molecule is COc1cc2nc(C)nc(O)c2cc1OC1CCN(C(=O)OC(C)(C)C)CC1. The van der Waals surface area contributed by atoms with Crippen LogP contribution in [0.15, 0.2) is 12.1 Å². The first-order chi connectivity index (χ1) is 13.2. The molecule has 1 aliphatic rings. The zero-order chi connectivity index (χ0) is 20.5. The Balaban J connectivity index is 1.71. The van der Waals surface area contributed by atoms with Gasteiger partial charge >= 0.3 is 6.09 Å². The first-order valence-corrected chi connectivity index (χ1v) is 9.36. The van der Waals surface area contributed by atoms with Gasteiger partial charge in [0.25, 0.3) is 0 Å². The van der Waals surface area contributed by atoms with Gasteiger partial charge in [-0.2, -0.15) is 4.98 Å². The van der Waals surface area contributed by atoms with Gasteiger partial charge in [0.2, 0.25) is 5.88 Å². The van der Waals surface area contributed by atoms with Crippen molar-refractivity contribution < 1.29 is 24.1 Å². The number of carbonyl (C=O) groups is 1. The van der Waals surface area contributed by atoms with Crippen molar-refractivity contribution in [3.05, 3.63) is 18.0 Å². The van der Waals surface area contributed by atoms with E-state index in [1.807, 2.05) is 20.8 Å². The molecule has 1 N–H and O–H groups in total. The lowest BCUT2D eigenvalue weighted by Gasteiger charge is -2.33. The van der Waals surface area contributed by atoms with Gasteiger partial charge in [-0.15, -0.1) is 0 Å². The number of amides is 1. The molecule has 0 bridgehead atoms. The number of rotatable bonds is 3. The third kappa shape index (κ3) is 4.55. The maximum Gasteiger partial charge on any atom is 0.410 e. The molecule has 1 aromatic heterocycles. The van der Waals surface area contributed by atoms with Crippen molar-refractivity contribution in [2.75, 3.05) is 20.2 Å². The van der Waals surface area contributed by atoms with Gasteiger partial charge in [-0.25, -0.2) is 9.78 Å². The number of aryl methyl sites for hydroxylation is 1. The lowest BCUT2D eigenvalue weighted by atomic mass is 10.1. The van der Waals surface area contributed by atoms with Crippen molar-refractivity contribution in [3.8, 4) is 17.4 Å². The van der Waals surface area contributed by atoms with Crippen LogP contribution in [0.2, 0.25) is 0 Å². The minimum Gasteiger partial charge on any atom is -0.493 e. The number of fused-ring (bicyclic) bond motifs is 1. The van der Waals surface area contributed by atoms with Crippen LogP contribution in [-0.2, 0) is 4.74 Å². The predicted octanol–water partition coefficient (Wildman–Crippen LogP) is 3.43. The van der Waals surface area contributed by atoms with E-state index in [1.165, 1.54) is 0 Å². The highest BCUT2D eigenvalue weighted by molar-refractivity contribution is 5.86. The van der Waals surface area contributed by atoms with Crippen LogP contribution in [0.5, 0.6) is 17.4 Å². The molecule has 28 heavy (non-hydrogen) atoms. The molecule has 2 aromatic rings. The van der Waals surface area contributed by atoms with Gasteiger partial charge in [0.05, 0.1) is 18.0 Å². The number of aromatic hydroxyl groups is 1. The number of methoxy groups -OCH3 is 1. The third-order valence-electron chi connectivity index (χ3n) is 4.46. The third-order valence-corrected chi connectivity index (χ3v) is 4.46. The lowest BCUT2D eigenvalue weighted by Crippen LogP contribution is -2.44. The van der Waals surface area contributed by atoms with Crippen molar-refractivity contribution in [3.63, 3.8) is 0 Å². The molecule has 8 heteroatoms. The summed E-state index contributed by atoms with van der Waals surface area (Å²) in [5.74, 6) is 1.46. The van der Waals surface area contributed by atoms with E-state index in [0.717, 1.165) is 0 Å². The van der Waals surface area contributed by atoms with Crippen LogP contribution in [0.4, 0.5) is 4.79 Å². The maximum atomic E-state index is 12.2. The lowest BCUT2D eigenvalue weighted by molar-refractivity contribution is 0.0124. The number of piperidine rings is 1. The quantitative estimate of drug-likeness (QED) is 0.859. The summed E-state index contributed by atoms with van der Waals surface area (Å²) in [5.41, 5.74) is 0.0830. The number of aromatic nitrogens is 2. The highest BCUT2D eigenvalue weighted by Gasteiger charge is 2.28. The first-order valence-electron chi connectivity index (χ1n) is 9.36. The van der Waals surface area contributed by atoms with Crippen molar-refractivity contribution in [2.45, 2.75) is 52.2 Å². The molecule has 3 rings (SSSR count). The standard InChI is InChI=1S/C20H27N3O5/c1-12-21-15-11-16(26-5)17(10-14(15)18(24)22-12)27-13-6-8-23(9-7-13)19(25)28-20(2,3)4/h10-11,13H,6-9H2,1-5H3,(H,21,22,24). The predicted molar refractivity (Wildman–Crippen MR) is 104 cm³/mol. The van der Waals surface area contributed by atoms with Gasteiger partial charge in [-0.05, 0) is 33.8 Å². The fourth-order valence-corrected chi connectivity index (χ4v) is 3.15. The summed E-state index contributed by atoms with van der Waals surface area (Å²) in [5, 5.41) is 10.6. The molecule has 152 valence electrons. The van der Waals surface area contributed by atoms with E-state index in [1.54, 1.807) is 31.1 Å². The highest BCUT2D eigenvalue weighted by Crippen LogP contribution is 2.36. The molecule has 8 nitrogen and oxygen atoms in total. The molecule has 1 saturated heterocycles. The van der Waals surface area contributed by atoms with Gasteiger partial charge in [-0.1, -0.05) is 0 Å². The molecule has 0 radical (unpaired) electrons. The fourth-order valence-electron chi connectivity index (χ4n) is 3.15. The first kappa shape index (κ1) is 20.0. The van der Waals surface area contributed by atoms with Crippen LogP contribution in [-0.4, -0.2) is 58.0 Å². The van der Waals surface area contributed by atoms with E-state index in [4.69, 9.17) is 14.2 Å². The Morgan fingerprint density at radius 1 is 1.18 bits per heavy atom. The average Bonchev–Trinajstić information content (AvgIpc) is 2.60. The fraction of sp³-hybridized carbons (Fsp3) is 0.550. The van der Waals surface area contributed by atoms with Crippen LogP contribution in [0, 0.1) is 6.92 Å². The van der Waals surface area contributed by atoms with Gasteiger partial charge in [-0.3, -0.25) is 0 Å². The monoisotopic (exact) mass is 389 g/mol. The molecule has 1 aliphatic heterocycles. The molecule has 1 amide bonds. The minimum atomic E-state index is -0.509. The van der Waals surface area contributed by atoms with Crippen LogP contribution in [0.25, 0.3) is 10.9 Å². The number of benzene rings is 1. The molecule has 0 atom stereocenters. The van der Waals surface area contributed by atoms with Crippen molar-refractivity contribution in [1.82, 2.24) is 14.9 Å². The molecular formula is C20H27N3O5. The Morgan fingerprint density at radius 3 is 2.46 bits per heavy atom. The summed E-state index contributed by atoms with van der Waals surface area (Å²) < 4.78 is 17.0. The van der Waals surface area contributed by atoms with E-state index in [9.17, 15) is 9.90 Å². The number of hydrogen-bond donors (Lipinski definition) is 1. The molecular weight excluding hydrogens is 362 g/mol. The Hall–Kier alpha value is -2.77. The molecule has 1 fully saturated rings. The molecule has 1 aromatic carbocycles. The molecule has 2 heterocycles. The molecule has 0 spiro atoms. The van der Waals surface area contributed by atoms with Crippen molar-refractivity contribution >= 4 is 17.0 Å². The summed E-state index contributed by atoms with van der Waals surface area (Å²) >= 11 is 0. The summed E-state index contributed by atoms with van der Waals surface area (Å²) in [6, 6.07) is 3.43. The summed E-state index contributed by atoms with van der Waals surface area (Å²) in [6.45, 7) is 8.40. The molecule has 0 saturated carbocycles. The number of carbonyl (C=O) groups excluding carboxylic acids is 1. The summed E-state index contributed by atoms with van der Waals surface area (Å²) in [6.07, 6.45) is 0.985. The molecule has 0 unspecified atom stereocenters. The second kappa shape index (κ2) is 7.69. The Morgan fingerprint density at radius 2 is 1.86 bits per heavy atom. The molecule has 0 aliphatic carbocycles. The van der Waals surface area contributed by atoms with Crippen molar-refractivity contribution in [1.29, 1.82) is 0 Å². The highest BCUT2D eigenvalue weighted by atomic mass is 16.6. The number of hydrogen-bond acceptors (Lipinski definition) is 7. The zero-order valence-corrected chi connectivity index (χ0v) is 17.0. The number of nitrogens with zero attached hydrogens (tertiary/aromatic N) is 3. The van der Waals surface area contributed by atoms with Crippen LogP contribution >= 0.6 is 0 Å². The van der Waals surface area contributed by atoms with Gasteiger partial charge in [0.1, 0.15) is 17.5 Å². The van der Waals surface area contributed by atoms with Gasteiger partial charge in [0.15, 0.2) is 11.5 Å². The second-order valence-corrected chi connectivity index (χ2v) is 7.90. The minimum absolute atomic E-state index is 0.0708. The Bertz CT molecular complexity index is 870. The average molecular weight is 389 g/mol. The van der Waals surface area contributed by atoms with Crippen LogP contribution in [0.3, 0.4) is 0 Å². The van der Waals surface area contributed by atoms with E-state index >= 15 is 0 Å². The maximum absolute atomic E-state index is 12.2. The van der Waals surface area contributed by atoms with Crippen LogP contribution < -0.4 is 9.47 Å². The smallest absolute Gasteiger partial charge is 0.410 e. The Kier molecular flexibility index (Phi) is 5.49. The number of likely N-dealkylation sites (tertiary alicyclic amines) is 1. The summed E-state index contributed by atoms with van der Waals surface area (Å²) in [7, 11) is 1.56. The van der Waals surface area contributed by atoms with E-state index in [-0.39, 0.29) is 18.1 Å². The van der Waals surface area contributed by atoms with E-state index < -0.39 is 5.60 Å².